The lowest BCUT2D eigenvalue weighted by Gasteiger charge is -2.15. The lowest BCUT2D eigenvalue weighted by atomic mass is 9.50. The van der Waals surface area contributed by atoms with Crippen molar-refractivity contribution in [2.24, 2.45) is 11.3 Å². The minimum Gasteiger partial charge on any atom is -0.366 e. The van der Waals surface area contributed by atoms with E-state index >= 15 is 0 Å². The van der Waals surface area contributed by atoms with E-state index < -0.39 is 0 Å². The Kier molecular flexibility index (Phi) is 10.2. The van der Waals surface area contributed by atoms with E-state index in [9.17, 15) is 0 Å². The van der Waals surface area contributed by atoms with Crippen LogP contribution >= 0.6 is 0 Å². The summed E-state index contributed by atoms with van der Waals surface area (Å²) in [6.07, 6.45) is 9.64. The van der Waals surface area contributed by atoms with Crippen molar-refractivity contribution in [1.82, 2.24) is 0 Å². The predicted molar refractivity (Wildman–Crippen MR) is 165 cm³/mol. The van der Waals surface area contributed by atoms with Crippen LogP contribution in [0.2, 0.25) is 12.6 Å². The van der Waals surface area contributed by atoms with Crippen molar-refractivity contribution in [1.29, 1.82) is 0 Å². The predicted octanol–water partition coefficient (Wildman–Crippen LogP) is 7.62. The molecule has 0 saturated heterocycles. The molecule has 4 N–H and O–H groups in total. The largest absolute Gasteiger partial charge is 0.366 e. The maximum absolute atomic E-state index is 6.75. The third kappa shape index (κ3) is 8.21. The normalized spacial score (nSPS) is 11.8. The molecule has 0 aliphatic carbocycles. The molecule has 0 spiro atoms. The Morgan fingerprint density at radius 3 is 1.14 bits per heavy atom. The third-order valence-corrected chi connectivity index (χ3v) is 6.79. The Labute approximate surface area is 223 Å². The van der Waals surface area contributed by atoms with Gasteiger partial charge in [0.05, 0.1) is 0 Å². The Hall–Kier alpha value is -3.59. The summed E-state index contributed by atoms with van der Waals surface area (Å²) in [5.74, 6) is 0. The zero-order chi connectivity index (χ0) is 25.7. The number of hydrogen-bond acceptors (Lipinski definition) is 2. The van der Waals surface area contributed by atoms with Crippen molar-refractivity contribution < 1.29 is 0 Å². The van der Waals surface area contributed by atoms with Gasteiger partial charge in [0.2, 0.25) is 0 Å². The number of unbranched alkanes of at least 4 members (excludes halogenated alkanes) is 2. The van der Waals surface area contributed by atoms with Crippen LogP contribution in [0.4, 0.5) is 0 Å². The Bertz CT molecular complexity index is 1160. The van der Waals surface area contributed by atoms with Gasteiger partial charge in [-0.1, -0.05) is 176 Å². The Morgan fingerprint density at radius 1 is 0.459 bits per heavy atom. The molecule has 0 unspecified atom stereocenters. The van der Waals surface area contributed by atoms with Crippen molar-refractivity contribution in [3.05, 3.63) is 144 Å². The smallest absolute Gasteiger partial charge is 0.252 e. The summed E-state index contributed by atoms with van der Waals surface area (Å²) in [4.78, 5) is 0. The summed E-state index contributed by atoms with van der Waals surface area (Å²) in [5, 5.41) is 0. The molecule has 0 aliphatic rings. The summed E-state index contributed by atoms with van der Waals surface area (Å²) >= 11 is 0. The monoisotopic (exact) mass is 482 g/mol. The number of benzene rings is 4. The molecule has 0 saturated carbocycles. The van der Waals surface area contributed by atoms with Gasteiger partial charge in [-0.25, -0.2) is 0 Å². The first kappa shape index (κ1) is 26.5. The van der Waals surface area contributed by atoms with Gasteiger partial charge in [-0.3, -0.25) is 0 Å². The first-order chi connectivity index (χ1) is 18.2. The minimum atomic E-state index is -0.00543. The molecule has 4 heteroatoms. The fraction of sp³-hybridized carbons (Fsp3) is 0.152. The molecule has 0 heterocycles. The summed E-state index contributed by atoms with van der Waals surface area (Å²) < 4.78 is 0. The van der Waals surface area contributed by atoms with E-state index in [1.165, 1.54) is 33.2 Å². The highest BCUT2D eigenvalue weighted by molar-refractivity contribution is 6.78. The van der Waals surface area contributed by atoms with Crippen molar-refractivity contribution in [3.63, 3.8) is 0 Å². The molecule has 0 bridgehead atoms. The molecule has 0 amide bonds. The van der Waals surface area contributed by atoms with E-state index in [2.05, 4.69) is 109 Å². The van der Waals surface area contributed by atoms with Crippen LogP contribution < -0.4 is 11.3 Å². The molecular weight excluding hydrogens is 446 g/mol. The van der Waals surface area contributed by atoms with E-state index in [1.54, 1.807) is 0 Å². The van der Waals surface area contributed by atoms with E-state index in [0.717, 1.165) is 31.9 Å². The van der Waals surface area contributed by atoms with Gasteiger partial charge in [0.15, 0.2) is 0 Å². The molecule has 4 rings (SSSR count). The molecule has 37 heavy (non-hydrogen) atoms. The zero-order valence-corrected chi connectivity index (χ0v) is 21.5. The standard InChI is InChI=1S/C33H36B2N2/c36-34(32(30-20-10-3-11-21-30)26-28-16-6-1-7-17-28)24-14-5-15-25-35(37)33(31-22-12-4-13-23-31)27-29-18-8-2-9-19-29/h1-4,6-13,16-23,26-27H,5,14-15,24-25,36-37H2. The van der Waals surface area contributed by atoms with E-state index in [-0.39, 0.29) is 13.7 Å². The van der Waals surface area contributed by atoms with Gasteiger partial charge in [0.25, 0.3) is 13.7 Å². The summed E-state index contributed by atoms with van der Waals surface area (Å²) in [6.45, 7) is -0.0109. The molecule has 0 fully saturated rings. The van der Waals surface area contributed by atoms with Crippen LogP contribution in [0.1, 0.15) is 41.5 Å². The van der Waals surface area contributed by atoms with Crippen LogP contribution in [0.3, 0.4) is 0 Å². The molecule has 0 aliphatic heterocycles. The molecule has 0 radical (unpaired) electrons. The molecule has 2 nitrogen and oxygen atoms in total. The van der Waals surface area contributed by atoms with Crippen molar-refractivity contribution in [2.45, 2.75) is 31.9 Å². The van der Waals surface area contributed by atoms with Crippen molar-refractivity contribution in [3.8, 4) is 0 Å². The highest BCUT2D eigenvalue weighted by Gasteiger charge is 2.18. The van der Waals surface area contributed by atoms with Gasteiger partial charge in [-0.05, 0) is 22.3 Å². The fourth-order valence-electron chi connectivity index (χ4n) is 4.74. The average molecular weight is 482 g/mol. The first-order valence-electron chi connectivity index (χ1n) is 13.4. The highest BCUT2D eigenvalue weighted by atomic mass is 14.4. The lowest BCUT2D eigenvalue weighted by molar-refractivity contribution is 0.761. The maximum atomic E-state index is 6.75. The van der Waals surface area contributed by atoms with E-state index in [4.69, 9.17) is 11.3 Å². The molecule has 4 aromatic carbocycles. The number of nitrogens with two attached hydrogens (primary N) is 2. The summed E-state index contributed by atoms with van der Waals surface area (Å²) in [6, 6.07) is 41.9. The quantitative estimate of drug-likeness (QED) is 0.124. The Balaban J connectivity index is 1.35. The number of hydrogen-bond donors (Lipinski definition) is 2. The molecular formula is C33H36B2N2. The first-order valence-corrected chi connectivity index (χ1v) is 13.4. The van der Waals surface area contributed by atoms with Gasteiger partial charge in [-0.15, -0.1) is 0 Å². The topological polar surface area (TPSA) is 52.0 Å². The van der Waals surface area contributed by atoms with Crippen LogP contribution in [0.15, 0.2) is 121 Å². The van der Waals surface area contributed by atoms with Crippen LogP contribution in [0.5, 0.6) is 0 Å². The van der Waals surface area contributed by atoms with Crippen LogP contribution in [0, 0.1) is 0 Å². The second kappa shape index (κ2) is 14.2. The van der Waals surface area contributed by atoms with Crippen LogP contribution in [-0.4, -0.2) is 13.7 Å². The van der Waals surface area contributed by atoms with Gasteiger partial charge >= 0.3 is 0 Å². The van der Waals surface area contributed by atoms with Gasteiger partial charge in [0, 0.05) is 0 Å². The lowest BCUT2D eigenvalue weighted by Crippen LogP contribution is -2.28. The minimum absolute atomic E-state index is 0.00543. The van der Waals surface area contributed by atoms with Crippen molar-refractivity contribution in [2.75, 3.05) is 0 Å². The van der Waals surface area contributed by atoms with E-state index in [1.807, 2.05) is 24.3 Å². The van der Waals surface area contributed by atoms with Gasteiger partial charge in [0.1, 0.15) is 0 Å². The zero-order valence-electron chi connectivity index (χ0n) is 21.5. The molecule has 0 atom stereocenters. The van der Waals surface area contributed by atoms with E-state index in [0.29, 0.717) is 0 Å². The molecule has 184 valence electrons. The summed E-state index contributed by atoms with van der Waals surface area (Å²) in [5.41, 5.74) is 20.6. The SMILES string of the molecule is NB(CCCCCB(N)C(=Cc1ccccc1)c1ccccc1)C(=Cc1ccccc1)c1ccccc1. The summed E-state index contributed by atoms with van der Waals surface area (Å²) in [7, 11) is 0. The second-order valence-corrected chi connectivity index (χ2v) is 9.60. The van der Waals surface area contributed by atoms with Crippen molar-refractivity contribution >= 4 is 36.8 Å². The molecule has 0 aromatic heterocycles. The average Bonchev–Trinajstić information content (AvgIpc) is 2.96. The highest BCUT2D eigenvalue weighted by Crippen LogP contribution is 2.24. The third-order valence-electron chi connectivity index (χ3n) is 6.79. The number of rotatable bonds is 12. The second-order valence-electron chi connectivity index (χ2n) is 9.60. The van der Waals surface area contributed by atoms with Crippen LogP contribution in [0.25, 0.3) is 23.1 Å². The van der Waals surface area contributed by atoms with Gasteiger partial charge < -0.3 is 11.3 Å². The molecule has 4 aromatic rings. The maximum Gasteiger partial charge on any atom is 0.252 e. The van der Waals surface area contributed by atoms with Crippen LogP contribution in [-0.2, 0) is 0 Å². The fourth-order valence-corrected chi connectivity index (χ4v) is 4.74. The Morgan fingerprint density at radius 2 is 0.784 bits per heavy atom. The van der Waals surface area contributed by atoms with Gasteiger partial charge in [-0.2, -0.15) is 0 Å².